The second kappa shape index (κ2) is 33.1. The molecule has 3 aliphatic heterocycles. The molecule has 19 rings (SSSR count). The third-order valence-electron chi connectivity index (χ3n) is 26.4. The van der Waals surface area contributed by atoms with Gasteiger partial charge >= 0.3 is 18.5 Å². The minimum atomic E-state index is -4.79. The van der Waals surface area contributed by atoms with E-state index < -0.39 is 88.1 Å². The predicted molar refractivity (Wildman–Crippen MR) is 471 cm³/mol. The molecule has 14 aromatic rings. The van der Waals surface area contributed by atoms with Gasteiger partial charge in [0.1, 0.15) is 22.6 Å². The molecule has 131 heavy (non-hydrogen) atoms. The van der Waals surface area contributed by atoms with Gasteiger partial charge in [-0.05, 0) is 200 Å². The van der Waals surface area contributed by atoms with Gasteiger partial charge in [-0.3, -0.25) is 57.6 Å². The van der Waals surface area contributed by atoms with E-state index in [4.69, 9.17) is 20.4 Å². The Balaban J connectivity index is 0.625. The van der Waals surface area contributed by atoms with Crippen LogP contribution in [0.4, 0.5) is 39.5 Å². The molecule has 5 aliphatic rings. The molecule has 2 aliphatic carbocycles. The van der Waals surface area contributed by atoms with Crippen molar-refractivity contribution in [1.82, 2.24) is 103 Å². The van der Waals surface area contributed by atoms with Crippen molar-refractivity contribution in [3.05, 3.63) is 273 Å². The fourth-order valence-electron chi connectivity index (χ4n) is 19.3. The van der Waals surface area contributed by atoms with Crippen molar-refractivity contribution in [3.63, 3.8) is 0 Å². The number of aryl methyl sites for hydroxylation is 1. The first kappa shape index (κ1) is 87.8. The van der Waals surface area contributed by atoms with Crippen LogP contribution in [0.1, 0.15) is 174 Å². The Bertz CT molecular complexity index is 7240. The van der Waals surface area contributed by atoms with Crippen molar-refractivity contribution in [2.24, 2.45) is 29.6 Å². The van der Waals surface area contributed by atoms with E-state index in [0.717, 1.165) is 35.7 Å². The lowest BCUT2D eigenvalue weighted by molar-refractivity contribution is -0.139. The minimum absolute atomic E-state index is 0.000348. The van der Waals surface area contributed by atoms with Crippen molar-refractivity contribution >= 4 is 88.4 Å². The molecule has 2 fully saturated rings. The summed E-state index contributed by atoms with van der Waals surface area (Å²) in [7, 11) is 1.47. The molecular formula is C91H81Br3F9N21O7. The molecule has 4 unspecified atom stereocenters. The van der Waals surface area contributed by atoms with E-state index in [2.05, 4.69) is 83.9 Å². The number of nitrogens with one attached hydrogen (secondary N) is 3. The van der Waals surface area contributed by atoms with E-state index in [1.165, 1.54) is 68.8 Å². The first-order chi connectivity index (χ1) is 62.4. The number of nitrogens with zero attached hydrogens (tertiary/aromatic N) is 18. The average molecular weight is 1990 g/mol. The van der Waals surface area contributed by atoms with Gasteiger partial charge in [0.25, 0.3) is 40.3 Å². The van der Waals surface area contributed by atoms with Crippen molar-refractivity contribution in [1.29, 1.82) is 0 Å². The largest absolute Gasteiger partial charge is 0.417 e. The van der Waals surface area contributed by atoms with Gasteiger partial charge in [-0.25, -0.2) is 18.1 Å². The number of H-pyrrole nitrogens is 2. The molecule has 4 amide bonds. The van der Waals surface area contributed by atoms with Gasteiger partial charge in [-0.15, -0.1) is 10.2 Å². The first-order valence-corrected chi connectivity index (χ1v) is 45.0. The van der Waals surface area contributed by atoms with E-state index in [1.807, 2.05) is 57.2 Å². The van der Waals surface area contributed by atoms with Crippen LogP contribution >= 0.6 is 47.8 Å². The number of hydrogen-bond acceptors (Lipinski definition) is 15. The van der Waals surface area contributed by atoms with Gasteiger partial charge in [0, 0.05) is 112 Å². The molecule has 0 radical (unpaired) electrons. The number of carbonyl (C=O) groups is 4. The Morgan fingerprint density at radius 3 is 1.31 bits per heavy atom. The maximum absolute atomic E-state index is 15.8. The van der Waals surface area contributed by atoms with Gasteiger partial charge in [0.05, 0.1) is 106 Å². The Morgan fingerprint density at radius 1 is 0.496 bits per heavy atom. The number of amides is 4. The Hall–Kier alpha value is -12.5. The smallest absolute Gasteiger partial charge is 0.354 e. The number of aromatic nitrogens is 17. The highest BCUT2D eigenvalue weighted by molar-refractivity contribution is 9.11. The molecule has 9 aromatic heterocycles. The summed E-state index contributed by atoms with van der Waals surface area (Å²) >= 11 is 8.96. The molecule has 0 spiro atoms. The molecule has 12 heterocycles. The second-order valence-electron chi connectivity index (χ2n) is 35.2. The highest BCUT2D eigenvalue weighted by Gasteiger charge is 2.45. The topological polar surface area (TPSA) is 309 Å². The van der Waals surface area contributed by atoms with Crippen LogP contribution in [0.25, 0.3) is 56.6 Å². The molecular weight excluding hydrogens is 1910 g/mol. The fourth-order valence-corrected chi connectivity index (χ4v) is 20.8. The van der Waals surface area contributed by atoms with Gasteiger partial charge in [-0.1, -0.05) is 96.3 Å². The fraction of sp³-hybridized carbons (Fsp3) is 0.352. The summed E-state index contributed by atoms with van der Waals surface area (Å²) < 4.78 is 139. The normalized spacial score (nSPS) is 18.7. The van der Waals surface area contributed by atoms with E-state index in [-0.39, 0.29) is 122 Å². The van der Waals surface area contributed by atoms with Crippen LogP contribution in [0, 0.1) is 36.5 Å². The lowest BCUT2D eigenvalue weighted by Crippen LogP contribution is -2.46. The molecule has 0 bridgehead atoms. The quantitative estimate of drug-likeness (QED) is 0.0634. The summed E-state index contributed by atoms with van der Waals surface area (Å²) in [5.41, 5.74) is 5.62. The Labute approximate surface area is 763 Å². The number of benzene rings is 5. The van der Waals surface area contributed by atoms with Crippen molar-refractivity contribution < 1.29 is 58.7 Å². The molecule has 7 atom stereocenters. The third kappa shape index (κ3) is 15.7. The summed E-state index contributed by atoms with van der Waals surface area (Å²) in [5.74, 6) is -2.57. The third-order valence-corrected chi connectivity index (χ3v) is 28.5. The monoisotopic (exact) mass is 1990 g/mol. The number of halogens is 12. The van der Waals surface area contributed by atoms with Crippen LogP contribution in [0.2, 0.25) is 0 Å². The molecule has 0 saturated heterocycles. The Kier molecular flexibility index (Phi) is 22.2. The summed E-state index contributed by atoms with van der Waals surface area (Å²) in [6.07, 6.45) is -5.42. The number of alkyl halides is 9. The molecule has 28 nitrogen and oxygen atoms in total. The van der Waals surface area contributed by atoms with Gasteiger partial charge < -0.3 is 20.0 Å². The maximum Gasteiger partial charge on any atom is 0.417 e. The lowest BCUT2D eigenvalue weighted by Gasteiger charge is -2.37. The van der Waals surface area contributed by atoms with Crippen LogP contribution in [-0.2, 0) is 89.7 Å². The SMILES string of the molecule is CNC(=O)c1cc(-n2c(=O)c3c(n4ncc(CC(C)C)c24)CN(C(=O)c2ccc(Br)c(C(F)(F)F)c2)[C@H](C)C3)nn1CC1CCC1Cc1cnn2c3c(c(=O)n(-c4ccc(-c5[nH]nnc5CC5CC5Cc5cnn6c7c(c(=O)n(-c8ccc(-c9[nH]nnc9C)cc8)c56)C[C@@H](C)N(C(=O)c5ccc(Br)c(C(F)(F)F)c5)C7)cc4)c12)C[C@@H](C)N(C(=O)c1ccc(Br)c(C(F)(F)F)c1)C3. The van der Waals surface area contributed by atoms with Crippen molar-refractivity contribution in [3.8, 4) is 39.7 Å². The number of aromatic amines is 2. The molecule has 5 aromatic carbocycles. The van der Waals surface area contributed by atoms with Crippen LogP contribution in [0.5, 0.6) is 0 Å². The second-order valence-corrected chi connectivity index (χ2v) is 37.7. The predicted octanol–water partition coefficient (Wildman–Crippen LogP) is 15.5. The summed E-state index contributed by atoms with van der Waals surface area (Å²) in [6, 6.07) is 24.1. The highest BCUT2D eigenvalue weighted by atomic mass is 79.9. The first-order valence-electron chi connectivity index (χ1n) is 42.6. The number of carbonyl (C=O) groups excluding carboxylic acids is 4. The molecule has 3 N–H and O–H groups in total. The number of hydrogen-bond donors (Lipinski definition) is 3. The molecule has 2 saturated carbocycles. The van der Waals surface area contributed by atoms with E-state index in [0.29, 0.717) is 140 Å². The minimum Gasteiger partial charge on any atom is -0.354 e. The standard InChI is InChI=1S/C91H81Br3F9N21O7/c1-43(2)24-57-36-105-124-75-42-117(85(128)53-16-23-70(94)67(33-53)91(101,102)103)46(5)27-64(75)88(131)121(82(57)124)76-35-72(79(125)104-7)118(112-76)39-54-9-8-50(54)28-58-37-106-122-73-40-115(83(126)51-14-21-68(92)65(31-51)89(95,96)97)44(3)25-62(73)86(129)119(80(58)122)61-19-12-49(13-20-61)78-71(109-114-111-78)34-56-29-55(56)30-59-38-107-123-74-41-116(84(127)52-15-22-69(93)66(32-52)90(98,99)100)45(4)26-63(74)87(130)120(81(59)123)60-17-10-48(11-18-60)77-47(6)108-113-110-77/h10-23,31-33,35-38,43-46,50,54-56H,8-9,24-30,34,39-42H2,1-7H3,(H,104,125)(H,108,110,113)(H,109,111,114)/t44-,45-,46-,50?,54?,55?,56?/m1/s1. The summed E-state index contributed by atoms with van der Waals surface area (Å²) in [4.78, 5) is 108. The van der Waals surface area contributed by atoms with E-state index in [1.54, 1.807) is 78.9 Å². The number of rotatable bonds is 19. The van der Waals surface area contributed by atoms with E-state index >= 15 is 14.4 Å². The summed E-state index contributed by atoms with van der Waals surface area (Å²) in [6.45, 7) is 10.7. The van der Waals surface area contributed by atoms with Crippen LogP contribution in [-0.4, -0.2) is 147 Å². The van der Waals surface area contributed by atoms with Crippen molar-refractivity contribution in [2.75, 3.05) is 7.05 Å². The van der Waals surface area contributed by atoms with Crippen LogP contribution in [0.15, 0.2) is 156 Å². The van der Waals surface area contributed by atoms with Gasteiger partial charge in [-0.2, -0.15) is 59.9 Å². The lowest BCUT2D eigenvalue weighted by atomic mass is 9.71. The van der Waals surface area contributed by atoms with Crippen LogP contribution in [0.3, 0.4) is 0 Å². The van der Waals surface area contributed by atoms with Gasteiger partial charge in [0.2, 0.25) is 0 Å². The Morgan fingerprint density at radius 2 is 0.893 bits per heavy atom. The average Bonchev–Trinajstić information content (AvgIpc) is 1.62. The van der Waals surface area contributed by atoms with E-state index in [9.17, 15) is 58.7 Å². The molecule has 676 valence electrons. The van der Waals surface area contributed by atoms with Crippen molar-refractivity contribution in [2.45, 2.75) is 169 Å². The van der Waals surface area contributed by atoms with Gasteiger partial charge in [0.15, 0.2) is 5.82 Å². The highest BCUT2D eigenvalue weighted by Crippen LogP contribution is 2.47. The molecule has 40 heteroatoms. The zero-order valence-electron chi connectivity index (χ0n) is 71.1. The maximum atomic E-state index is 15.8. The zero-order chi connectivity index (χ0) is 92.4. The van der Waals surface area contributed by atoms with Crippen LogP contribution < -0.4 is 22.0 Å². The zero-order valence-corrected chi connectivity index (χ0v) is 75.8. The summed E-state index contributed by atoms with van der Waals surface area (Å²) in [5, 5.41) is 45.5. The number of fused-ring (bicyclic) bond motifs is 9.